The van der Waals surface area contributed by atoms with Crippen molar-refractivity contribution in [3.63, 3.8) is 0 Å². The number of halogens is 2. The molecule has 4 aromatic rings. The van der Waals surface area contributed by atoms with Gasteiger partial charge >= 0.3 is 0 Å². The van der Waals surface area contributed by atoms with Gasteiger partial charge in [-0.2, -0.15) is 0 Å². The summed E-state index contributed by atoms with van der Waals surface area (Å²) in [5.74, 6) is 1.69. The first-order valence-corrected chi connectivity index (χ1v) is 11.5. The Hall–Kier alpha value is -3.42. The highest BCUT2D eigenvalue weighted by Gasteiger charge is 2.02. The van der Waals surface area contributed by atoms with Crippen molar-refractivity contribution < 1.29 is 14.9 Å². The molecule has 0 fully saturated rings. The van der Waals surface area contributed by atoms with E-state index in [1.807, 2.05) is 48.5 Å². The summed E-state index contributed by atoms with van der Waals surface area (Å²) in [5, 5.41) is 19.8. The van der Waals surface area contributed by atoms with Gasteiger partial charge in [0, 0.05) is 32.5 Å². The van der Waals surface area contributed by atoms with Crippen LogP contribution in [0.25, 0.3) is 0 Å². The summed E-state index contributed by atoms with van der Waals surface area (Å²) in [6.07, 6.45) is 3.23. The summed E-state index contributed by atoms with van der Waals surface area (Å²) in [7, 11) is 0. The molecule has 0 spiro atoms. The Labute approximate surface area is 208 Å². The summed E-state index contributed by atoms with van der Waals surface area (Å²) in [6.45, 7) is 0. The van der Waals surface area contributed by atoms with Gasteiger partial charge in [-0.15, -0.1) is 0 Å². The van der Waals surface area contributed by atoms with Crippen molar-refractivity contribution in [2.24, 2.45) is 9.98 Å². The second-order valence-corrected chi connectivity index (χ2v) is 8.84. The molecule has 0 radical (unpaired) electrons. The maximum absolute atomic E-state index is 9.90. The maximum atomic E-state index is 9.90. The molecule has 0 unspecified atom stereocenters. The summed E-state index contributed by atoms with van der Waals surface area (Å²) in [5.41, 5.74) is 2.73. The summed E-state index contributed by atoms with van der Waals surface area (Å²) in [6, 6.07) is 25.0. The molecule has 0 bridgehead atoms. The number of hydrogen-bond acceptors (Lipinski definition) is 5. The van der Waals surface area contributed by atoms with Crippen molar-refractivity contribution in [2.75, 3.05) is 0 Å². The van der Waals surface area contributed by atoms with Crippen LogP contribution in [0.15, 0.2) is 104 Å². The third-order valence-corrected chi connectivity index (χ3v) is 5.58. The number of rotatable bonds is 6. The Balaban J connectivity index is 1.39. The molecule has 0 amide bonds. The van der Waals surface area contributed by atoms with E-state index in [1.54, 1.807) is 48.8 Å². The van der Waals surface area contributed by atoms with Crippen molar-refractivity contribution in [1.29, 1.82) is 0 Å². The van der Waals surface area contributed by atoms with Crippen LogP contribution in [0.4, 0.5) is 11.4 Å². The third-order valence-electron chi connectivity index (χ3n) is 4.59. The first-order chi connectivity index (χ1) is 16.0. The van der Waals surface area contributed by atoms with Crippen LogP contribution in [0.5, 0.6) is 23.0 Å². The molecule has 0 saturated heterocycles. The second kappa shape index (κ2) is 10.5. The van der Waals surface area contributed by atoms with Crippen LogP contribution in [0, 0.1) is 0 Å². The number of nitrogens with zero attached hydrogens (tertiary/aromatic N) is 2. The molecule has 0 saturated carbocycles. The number of benzene rings is 4. The highest BCUT2D eigenvalue weighted by atomic mass is 79.9. The van der Waals surface area contributed by atoms with Crippen molar-refractivity contribution in [1.82, 2.24) is 0 Å². The van der Waals surface area contributed by atoms with Gasteiger partial charge in [0.2, 0.25) is 0 Å². The van der Waals surface area contributed by atoms with Gasteiger partial charge in [0.05, 0.1) is 11.4 Å². The van der Waals surface area contributed by atoms with Gasteiger partial charge < -0.3 is 14.9 Å². The SMILES string of the molecule is Oc1ccc(Br)cc1C=Nc1ccc(Oc2ccc(N=Cc3cc(Br)ccc3O)cc2)cc1. The van der Waals surface area contributed by atoms with Crippen LogP contribution >= 0.6 is 31.9 Å². The maximum Gasteiger partial charge on any atom is 0.127 e. The number of aliphatic imine (C=N–C) groups is 2. The topological polar surface area (TPSA) is 74.4 Å². The summed E-state index contributed by atoms with van der Waals surface area (Å²) in [4.78, 5) is 8.79. The van der Waals surface area contributed by atoms with Gasteiger partial charge in [0.15, 0.2) is 0 Å². The smallest absolute Gasteiger partial charge is 0.127 e. The molecule has 0 aliphatic rings. The van der Waals surface area contributed by atoms with E-state index in [0.29, 0.717) is 22.6 Å². The highest BCUT2D eigenvalue weighted by Crippen LogP contribution is 2.27. The minimum Gasteiger partial charge on any atom is -0.507 e. The number of phenols is 2. The first kappa shape index (κ1) is 22.8. The Morgan fingerprint density at radius 1 is 0.576 bits per heavy atom. The van der Waals surface area contributed by atoms with Crippen LogP contribution in [0.3, 0.4) is 0 Å². The van der Waals surface area contributed by atoms with E-state index in [4.69, 9.17) is 4.74 Å². The molecule has 33 heavy (non-hydrogen) atoms. The molecular weight excluding hydrogens is 548 g/mol. The van der Waals surface area contributed by atoms with Gasteiger partial charge in [0.25, 0.3) is 0 Å². The fourth-order valence-corrected chi connectivity index (χ4v) is 3.64. The van der Waals surface area contributed by atoms with Crippen LogP contribution in [0.1, 0.15) is 11.1 Å². The Bertz CT molecular complexity index is 1220. The predicted octanol–water partition coefficient (Wildman–Crippen LogP) is 7.92. The minimum atomic E-state index is 0.170. The lowest BCUT2D eigenvalue weighted by Gasteiger charge is -2.06. The molecule has 5 nitrogen and oxygen atoms in total. The van der Waals surface area contributed by atoms with Crippen LogP contribution in [0.2, 0.25) is 0 Å². The van der Waals surface area contributed by atoms with Gasteiger partial charge in [-0.25, -0.2) is 0 Å². The molecule has 7 heteroatoms. The van der Waals surface area contributed by atoms with Crippen molar-refractivity contribution in [3.8, 4) is 23.0 Å². The largest absolute Gasteiger partial charge is 0.507 e. The number of ether oxygens (including phenoxy) is 1. The number of phenolic OH excluding ortho intramolecular Hbond substituents is 2. The van der Waals surface area contributed by atoms with Crippen LogP contribution in [-0.4, -0.2) is 22.6 Å². The fraction of sp³-hybridized carbons (Fsp3) is 0. The molecule has 2 N–H and O–H groups in total. The first-order valence-electron chi connectivity index (χ1n) is 9.89. The van der Waals surface area contributed by atoms with E-state index in [1.165, 1.54) is 0 Å². The quantitative estimate of drug-likeness (QED) is 0.233. The van der Waals surface area contributed by atoms with Crippen LogP contribution in [-0.2, 0) is 0 Å². The number of aromatic hydroxyl groups is 2. The Morgan fingerprint density at radius 2 is 0.970 bits per heavy atom. The molecule has 4 rings (SSSR count). The lowest BCUT2D eigenvalue weighted by atomic mass is 10.2. The molecule has 164 valence electrons. The minimum absolute atomic E-state index is 0.170. The van der Waals surface area contributed by atoms with E-state index in [2.05, 4.69) is 41.8 Å². The van der Waals surface area contributed by atoms with Gasteiger partial charge in [-0.3, -0.25) is 9.98 Å². The molecular formula is C26H18Br2N2O3. The van der Waals surface area contributed by atoms with Crippen molar-refractivity contribution in [2.45, 2.75) is 0 Å². The van der Waals surface area contributed by atoms with Crippen molar-refractivity contribution >= 4 is 55.7 Å². The molecule has 4 aromatic carbocycles. The van der Waals surface area contributed by atoms with Crippen LogP contribution < -0.4 is 4.74 Å². The van der Waals surface area contributed by atoms with Crippen molar-refractivity contribution in [3.05, 3.63) is 105 Å². The number of hydrogen-bond donors (Lipinski definition) is 2. The lowest BCUT2D eigenvalue weighted by molar-refractivity contribution is 0.474. The monoisotopic (exact) mass is 564 g/mol. The molecule has 0 atom stereocenters. The summed E-state index contributed by atoms with van der Waals surface area (Å²) >= 11 is 6.77. The van der Waals surface area contributed by atoms with E-state index < -0.39 is 0 Å². The van der Waals surface area contributed by atoms with E-state index in [0.717, 1.165) is 20.3 Å². The Kier molecular flexibility index (Phi) is 7.22. The summed E-state index contributed by atoms with van der Waals surface area (Å²) < 4.78 is 7.63. The highest BCUT2D eigenvalue weighted by molar-refractivity contribution is 9.10. The van der Waals surface area contributed by atoms with Gasteiger partial charge in [0.1, 0.15) is 23.0 Å². The molecule has 0 aromatic heterocycles. The van der Waals surface area contributed by atoms with E-state index in [-0.39, 0.29) is 11.5 Å². The van der Waals surface area contributed by atoms with Gasteiger partial charge in [-0.1, -0.05) is 31.9 Å². The standard InChI is InChI=1S/C26H18Br2N2O3/c27-19-1-11-25(31)17(13-19)15-29-21-3-7-23(8-4-21)33-24-9-5-22(6-10-24)30-16-18-14-20(28)2-12-26(18)32/h1-16,31-32H. The molecule has 0 aliphatic carbocycles. The molecule has 0 heterocycles. The van der Waals surface area contributed by atoms with Gasteiger partial charge in [-0.05, 0) is 84.9 Å². The normalized spacial score (nSPS) is 11.3. The second-order valence-electron chi connectivity index (χ2n) is 7.01. The Morgan fingerprint density at radius 3 is 1.36 bits per heavy atom. The zero-order valence-corrected chi connectivity index (χ0v) is 20.4. The zero-order chi connectivity index (χ0) is 23.2. The fourth-order valence-electron chi connectivity index (χ4n) is 2.88. The molecule has 0 aliphatic heterocycles. The average molecular weight is 566 g/mol. The predicted molar refractivity (Wildman–Crippen MR) is 139 cm³/mol. The van der Waals surface area contributed by atoms with E-state index in [9.17, 15) is 10.2 Å². The third kappa shape index (κ3) is 6.31. The van der Waals surface area contributed by atoms with E-state index >= 15 is 0 Å². The average Bonchev–Trinajstić information content (AvgIpc) is 2.82. The zero-order valence-electron chi connectivity index (χ0n) is 17.2. The lowest BCUT2D eigenvalue weighted by Crippen LogP contribution is -1.84.